The fraction of sp³-hybridized carbons (Fsp3) is 0.611. The summed E-state index contributed by atoms with van der Waals surface area (Å²) in [5.41, 5.74) is 0.885. The minimum Gasteiger partial charge on any atom is -0.446 e. The lowest BCUT2D eigenvalue weighted by Gasteiger charge is -2.57. The first-order chi connectivity index (χ1) is 10.2. The van der Waals surface area contributed by atoms with Gasteiger partial charge in [-0.15, -0.1) is 0 Å². The smallest absolute Gasteiger partial charge is 0.339 e. The first kappa shape index (κ1) is 13.3. The Balaban J connectivity index is 1.34. The average molecular weight is 285 g/mol. The number of carbonyl (C=O) groups excluding carboxylic acids is 1. The molecule has 5 rings (SSSR count). The highest BCUT2D eigenvalue weighted by Crippen LogP contribution is 2.55. The summed E-state index contributed by atoms with van der Waals surface area (Å²) in [4.78, 5) is 12.0. The largest absolute Gasteiger partial charge is 0.446 e. The van der Waals surface area contributed by atoms with Crippen LogP contribution < -0.4 is 5.32 Å². The molecule has 0 aliphatic heterocycles. The van der Waals surface area contributed by atoms with E-state index in [4.69, 9.17) is 4.74 Å². The van der Waals surface area contributed by atoms with Crippen LogP contribution in [0.3, 0.4) is 0 Å². The minimum atomic E-state index is -0.229. The van der Waals surface area contributed by atoms with Crippen LogP contribution in [0.25, 0.3) is 0 Å². The van der Waals surface area contributed by atoms with Crippen LogP contribution in [0.2, 0.25) is 0 Å². The second kappa shape index (κ2) is 5.13. The number of esters is 1. The summed E-state index contributed by atoms with van der Waals surface area (Å²) >= 11 is 0. The van der Waals surface area contributed by atoms with E-state index in [0.717, 1.165) is 17.8 Å². The molecular weight excluding hydrogens is 262 g/mol. The molecule has 112 valence electrons. The molecule has 0 amide bonds. The maximum Gasteiger partial charge on any atom is 0.339 e. The van der Waals surface area contributed by atoms with Crippen molar-refractivity contribution in [3.8, 4) is 0 Å². The lowest BCUT2D eigenvalue weighted by atomic mass is 9.53. The Morgan fingerprint density at radius 3 is 2.19 bits per heavy atom. The summed E-state index contributed by atoms with van der Waals surface area (Å²) in [6.07, 6.45) is 8.14. The van der Waals surface area contributed by atoms with Crippen molar-refractivity contribution in [1.82, 2.24) is 5.32 Å². The Labute approximate surface area is 126 Å². The quantitative estimate of drug-likeness (QED) is 0.681. The molecule has 0 aromatic heterocycles. The van der Waals surface area contributed by atoms with Gasteiger partial charge in [0.25, 0.3) is 0 Å². The van der Waals surface area contributed by atoms with Crippen molar-refractivity contribution in [2.45, 2.75) is 44.1 Å². The van der Waals surface area contributed by atoms with Crippen molar-refractivity contribution in [1.29, 1.82) is 0 Å². The Morgan fingerprint density at radius 1 is 1.05 bits per heavy atom. The summed E-state index contributed by atoms with van der Waals surface area (Å²) in [5, 5.41) is 3.58. The summed E-state index contributed by atoms with van der Waals surface area (Å²) in [6, 6.07) is 9.23. The third-order valence-electron chi connectivity index (χ3n) is 5.70. The fourth-order valence-corrected chi connectivity index (χ4v) is 5.24. The van der Waals surface area contributed by atoms with Gasteiger partial charge in [-0.25, -0.2) is 4.79 Å². The van der Waals surface area contributed by atoms with Crippen LogP contribution in [-0.4, -0.2) is 18.2 Å². The topological polar surface area (TPSA) is 38.3 Å². The molecule has 4 bridgehead atoms. The van der Waals surface area contributed by atoms with E-state index in [-0.39, 0.29) is 11.5 Å². The third-order valence-corrected chi connectivity index (χ3v) is 5.70. The van der Waals surface area contributed by atoms with E-state index in [1.165, 1.54) is 38.5 Å². The summed E-state index contributed by atoms with van der Waals surface area (Å²) in [7, 11) is 0. The van der Waals surface area contributed by atoms with E-state index in [9.17, 15) is 4.79 Å². The van der Waals surface area contributed by atoms with E-state index in [2.05, 4.69) is 5.32 Å². The van der Waals surface area contributed by atoms with Crippen LogP contribution >= 0.6 is 0 Å². The molecule has 1 aromatic rings. The van der Waals surface area contributed by atoms with Gasteiger partial charge in [-0.3, -0.25) is 5.32 Å². The monoisotopic (exact) mass is 285 g/mol. The van der Waals surface area contributed by atoms with Gasteiger partial charge >= 0.3 is 5.97 Å². The van der Waals surface area contributed by atoms with Gasteiger partial charge in [0.05, 0.1) is 5.56 Å². The van der Waals surface area contributed by atoms with Crippen molar-refractivity contribution in [3.05, 3.63) is 35.9 Å². The first-order valence-electron chi connectivity index (χ1n) is 8.20. The van der Waals surface area contributed by atoms with Crippen molar-refractivity contribution < 1.29 is 9.53 Å². The van der Waals surface area contributed by atoms with E-state index >= 15 is 0 Å². The minimum absolute atomic E-state index is 0.229. The van der Waals surface area contributed by atoms with Gasteiger partial charge < -0.3 is 4.74 Å². The van der Waals surface area contributed by atoms with E-state index in [1.807, 2.05) is 18.2 Å². The van der Waals surface area contributed by atoms with E-state index in [1.54, 1.807) is 12.1 Å². The number of hydrogen-bond acceptors (Lipinski definition) is 3. The lowest BCUT2D eigenvalue weighted by Crippen LogP contribution is -2.58. The fourth-order valence-electron chi connectivity index (χ4n) is 5.24. The second-order valence-corrected chi connectivity index (χ2v) is 7.32. The standard InChI is InChI=1S/C18H23NO2/c20-17(16-4-2-1-3-5-16)21-12-19-18-9-13-6-14(10-18)8-15(7-13)11-18/h1-5,13-15,19H,6-12H2. The Bertz CT molecular complexity index is 490. The number of nitrogens with one attached hydrogen (secondary N) is 1. The molecule has 3 nitrogen and oxygen atoms in total. The van der Waals surface area contributed by atoms with Crippen LogP contribution in [0.1, 0.15) is 48.9 Å². The van der Waals surface area contributed by atoms with Crippen LogP contribution in [0.5, 0.6) is 0 Å². The third kappa shape index (κ3) is 2.59. The van der Waals surface area contributed by atoms with Crippen molar-refractivity contribution in [2.75, 3.05) is 6.73 Å². The van der Waals surface area contributed by atoms with E-state index < -0.39 is 0 Å². The van der Waals surface area contributed by atoms with Gasteiger partial charge in [-0.2, -0.15) is 0 Å². The molecule has 1 aromatic carbocycles. The first-order valence-corrected chi connectivity index (χ1v) is 8.20. The van der Waals surface area contributed by atoms with Crippen LogP contribution in [0.15, 0.2) is 30.3 Å². The molecule has 4 aliphatic rings. The Kier molecular flexibility index (Phi) is 3.26. The Morgan fingerprint density at radius 2 is 1.62 bits per heavy atom. The van der Waals surface area contributed by atoms with Gasteiger partial charge in [0.2, 0.25) is 0 Å². The average Bonchev–Trinajstić information content (AvgIpc) is 2.46. The molecule has 4 aliphatic carbocycles. The van der Waals surface area contributed by atoms with Gasteiger partial charge in [-0.1, -0.05) is 18.2 Å². The second-order valence-electron chi connectivity index (χ2n) is 7.32. The van der Waals surface area contributed by atoms with Gasteiger partial charge in [0.1, 0.15) is 6.73 Å². The summed E-state index contributed by atoms with van der Waals surface area (Å²) in [6.45, 7) is 0.347. The molecule has 4 fully saturated rings. The number of ether oxygens (including phenoxy) is 1. The zero-order valence-corrected chi connectivity index (χ0v) is 12.4. The van der Waals surface area contributed by atoms with Crippen LogP contribution in [0, 0.1) is 17.8 Å². The van der Waals surface area contributed by atoms with Crippen molar-refractivity contribution in [3.63, 3.8) is 0 Å². The molecule has 0 atom stereocenters. The maximum atomic E-state index is 12.0. The zero-order valence-electron chi connectivity index (χ0n) is 12.4. The van der Waals surface area contributed by atoms with Gasteiger partial charge in [0, 0.05) is 5.54 Å². The molecular formula is C18H23NO2. The highest BCUT2D eigenvalue weighted by Gasteiger charge is 2.50. The highest BCUT2D eigenvalue weighted by molar-refractivity contribution is 5.89. The number of benzene rings is 1. The molecule has 4 saturated carbocycles. The van der Waals surface area contributed by atoms with Crippen LogP contribution in [-0.2, 0) is 4.74 Å². The summed E-state index contributed by atoms with van der Waals surface area (Å²) < 4.78 is 5.42. The number of carbonyl (C=O) groups is 1. The highest BCUT2D eigenvalue weighted by atomic mass is 16.5. The van der Waals surface area contributed by atoms with Crippen LogP contribution in [0.4, 0.5) is 0 Å². The van der Waals surface area contributed by atoms with Crippen molar-refractivity contribution in [2.24, 2.45) is 17.8 Å². The van der Waals surface area contributed by atoms with Crippen molar-refractivity contribution >= 4 is 5.97 Å². The predicted molar refractivity (Wildman–Crippen MR) is 80.8 cm³/mol. The molecule has 0 spiro atoms. The number of hydrogen-bond donors (Lipinski definition) is 1. The normalized spacial score (nSPS) is 36.7. The molecule has 21 heavy (non-hydrogen) atoms. The molecule has 0 unspecified atom stereocenters. The lowest BCUT2D eigenvalue weighted by molar-refractivity contribution is -0.0340. The predicted octanol–water partition coefficient (Wildman–Crippen LogP) is 3.36. The Hall–Kier alpha value is -1.35. The molecule has 0 radical (unpaired) electrons. The van der Waals surface area contributed by atoms with Gasteiger partial charge in [-0.05, 0) is 68.4 Å². The molecule has 1 N–H and O–H groups in total. The molecule has 3 heteroatoms. The maximum absolute atomic E-state index is 12.0. The zero-order chi connectivity index (χ0) is 14.3. The van der Waals surface area contributed by atoms with E-state index in [0.29, 0.717) is 12.3 Å². The number of rotatable bonds is 4. The van der Waals surface area contributed by atoms with Gasteiger partial charge in [0.15, 0.2) is 0 Å². The summed E-state index contributed by atoms with van der Waals surface area (Å²) in [5.74, 6) is 2.50. The molecule has 0 heterocycles. The SMILES string of the molecule is O=C(OCNC12CC3CC(CC(C3)C1)C2)c1ccccc1. The molecule has 0 saturated heterocycles.